The summed E-state index contributed by atoms with van der Waals surface area (Å²) in [6.45, 7) is 0. The van der Waals surface area contributed by atoms with Gasteiger partial charge in [-0.25, -0.2) is 4.39 Å². The SMILES string of the molecule is CNC(=O)CSCc1ccc(F)c(Cl)c1. The Hall–Kier alpha value is -0.740. The fourth-order valence-electron chi connectivity index (χ4n) is 0.963. The van der Waals surface area contributed by atoms with Crippen LogP contribution in [0.15, 0.2) is 18.2 Å². The first-order chi connectivity index (χ1) is 7.13. The molecule has 0 aliphatic rings. The topological polar surface area (TPSA) is 29.1 Å². The highest BCUT2D eigenvalue weighted by atomic mass is 35.5. The minimum absolute atomic E-state index is 0.0202. The van der Waals surface area contributed by atoms with Crippen molar-refractivity contribution in [1.29, 1.82) is 0 Å². The first-order valence-corrected chi connectivity index (χ1v) is 5.89. The Balaban J connectivity index is 2.44. The molecule has 0 atom stereocenters. The van der Waals surface area contributed by atoms with Gasteiger partial charge < -0.3 is 5.32 Å². The van der Waals surface area contributed by atoms with Crippen LogP contribution in [-0.4, -0.2) is 18.7 Å². The van der Waals surface area contributed by atoms with Gasteiger partial charge in [-0.15, -0.1) is 11.8 Å². The van der Waals surface area contributed by atoms with Crippen LogP contribution in [0.1, 0.15) is 5.56 Å². The number of halogens is 2. The third kappa shape index (κ3) is 4.10. The molecule has 2 nitrogen and oxygen atoms in total. The zero-order valence-electron chi connectivity index (χ0n) is 8.22. The third-order valence-electron chi connectivity index (χ3n) is 1.76. The lowest BCUT2D eigenvalue weighted by Crippen LogP contribution is -2.19. The van der Waals surface area contributed by atoms with Crippen LogP contribution in [0.25, 0.3) is 0 Å². The van der Waals surface area contributed by atoms with Crippen LogP contribution in [0, 0.1) is 5.82 Å². The predicted molar refractivity (Wildman–Crippen MR) is 61.6 cm³/mol. The number of benzene rings is 1. The molecule has 82 valence electrons. The normalized spacial score (nSPS) is 10.1. The molecule has 0 aromatic heterocycles. The maximum absolute atomic E-state index is 12.8. The second-order valence-corrected chi connectivity index (χ2v) is 4.31. The van der Waals surface area contributed by atoms with Crippen LogP contribution in [-0.2, 0) is 10.5 Å². The van der Waals surface area contributed by atoms with Crippen LogP contribution >= 0.6 is 23.4 Å². The lowest BCUT2D eigenvalue weighted by Gasteiger charge is -2.02. The Morgan fingerprint density at radius 3 is 2.93 bits per heavy atom. The molecule has 0 aliphatic carbocycles. The molecule has 5 heteroatoms. The van der Waals surface area contributed by atoms with E-state index in [0.717, 1.165) is 5.56 Å². The third-order valence-corrected chi connectivity index (χ3v) is 3.06. The fraction of sp³-hybridized carbons (Fsp3) is 0.300. The standard InChI is InChI=1S/C10H11ClFNOS/c1-13-10(14)6-15-5-7-2-3-9(12)8(11)4-7/h2-4H,5-6H2,1H3,(H,13,14). The molecule has 0 saturated heterocycles. The zero-order valence-corrected chi connectivity index (χ0v) is 9.79. The smallest absolute Gasteiger partial charge is 0.229 e. The average Bonchev–Trinajstić information content (AvgIpc) is 2.23. The molecule has 1 N–H and O–H groups in total. The molecule has 0 heterocycles. The number of nitrogens with one attached hydrogen (secondary N) is 1. The minimum Gasteiger partial charge on any atom is -0.358 e. The van der Waals surface area contributed by atoms with Gasteiger partial charge in [0, 0.05) is 12.8 Å². The molecule has 15 heavy (non-hydrogen) atoms. The van der Waals surface area contributed by atoms with Crippen molar-refractivity contribution in [3.05, 3.63) is 34.6 Å². The molecule has 1 amide bonds. The van der Waals surface area contributed by atoms with E-state index in [-0.39, 0.29) is 10.9 Å². The minimum atomic E-state index is -0.420. The molecule has 0 spiro atoms. The Kier molecular flexibility index (Phi) is 4.91. The van der Waals surface area contributed by atoms with E-state index < -0.39 is 5.82 Å². The largest absolute Gasteiger partial charge is 0.358 e. The summed E-state index contributed by atoms with van der Waals surface area (Å²) in [7, 11) is 1.59. The highest BCUT2D eigenvalue weighted by Gasteiger charge is 2.02. The van der Waals surface area contributed by atoms with Gasteiger partial charge in [-0.05, 0) is 17.7 Å². The van der Waals surface area contributed by atoms with Gasteiger partial charge in [0.15, 0.2) is 0 Å². The molecular formula is C10H11ClFNOS. The van der Waals surface area contributed by atoms with Gasteiger partial charge in [0.2, 0.25) is 5.91 Å². The van der Waals surface area contributed by atoms with Crippen molar-refractivity contribution >= 4 is 29.3 Å². The van der Waals surface area contributed by atoms with E-state index in [4.69, 9.17) is 11.6 Å². The quantitative estimate of drug-likeness (QED) is 0.886. The Bertz CT molecular complexity index is 359. The van der Waals surface area contributed by atoms with Crippen LogP contribution in [0.2, 0.25) is 5.02 Å². The maximum atomic E-state index is 12.8. The van der Waals surface area contributed by atoms with E-state index in [1.165, 1.54) is 17.8 Å². The number of carbonyl (C=O) groups is 1. The van der Waals surface area contributed by atoms with Crippen LogP contribution in [0.3, 0.4) is 0 Å². The van der Waals surface area contributed by atoms with Gasteiger partial charge in [-0.1, -0.05) is 17.7 Å². The molecule has 1 aromatic carbocycles. The lowest BCUT2D eigenvalue weighted by atomic mass is 10.2. The fourth-order valence-corrected chi connectivity index (χ4v) is 2.01. The van der Waals surface area contributed by atoms with Crippen LogP contribution in [0.4, 0.5) is 4.39 Å². The monoisotopic (exact) mass is 247 g/mol. The molecule has 0 unspecified atom stereocenters. The number of rotatable bonds is 4. The summed E-state index contributed by atoms with van der Waals surface area (Å²) in [5.41, 5.74) is 0.912. The summed E-state index contributed by atoms with van der Waals surface area (Å²) >= 11 is 7.08. The average molecular weight is 248 g/mol. The summed E-state index contributed by atoms with van der Waals surface area (Å²) in [4.78, 5) is 10.9. The number of thioether (sulfide) groups is 1. The molecule has 0 aliphatic heterocycles. The molecule has 0 fully saturated rings. The van der Waals surface area contributed by atoms with Crippen LogP contribution < -0.4 is 5.32 Å². The number of hydrogen-bond donors (Lipinski definition) is 1. The van der Waals surface area contributed by atoms with E-state index >= 15 is 0 Å². The summed E-state index contributed by atoms with van der Waals surface area (Å²) in [6.07, 6.45) is 0. The lowest BCUT2D eigenvalue weighted by molar-refractivity contribution is -0.118. The van der Waals surface area contributed by atoms with E-state index in [0.29, 0.717) is 11.5 Å². The van der Waals surface area contributed by atoms with Gasteiger partial charge in [-0.2, -0.15) is 0 Å². The van der Waals surface area contributed by atoms with E-state index in [1.807, 2.05) is 0 Å². The van der Waals surface area contributed by atoms with Gasteiger partial charge >= 0.3 is 0 Å². The van der Waals surface area contributed by atoms with Crippen molar-refractivity contribution in [3.63, 3.8) is 0 Å². The predicted octanol–water partition coefficient (Wildman–Crippen LogP) is 2.46. The van der Waals surface area contributed by atoms with Crippen molar-refractivity contribution < 1.29 is 9.18 Å². The Labute approximate surface area is 97.2 Å². The summed E-state index contributed by atoms with van der Waals surface area (Å²) in [6, 6.07) is 4.57. The molecule has 1 aromatic rings. The zero-order chi connectivity index (χ0) is 11.3. The van der Waals surface area contributed by atoms with Gasteiger partial charge in [0.1, 0.15) is 5.82 Å². The van der Waals surface area contributed by atoms with E-state index in [1.54, 1.807) is 19.2 Å². The Morgan fingerprint density at radius 1 is 1.60 bits per heavy atom. The van der Waals surface area contributed by atoms with Crippen LogP contribution in [0.5, 0.6) is 0 Å². The van der Waals surface area contributed by atoms with Crippen molar-refractivity contribution in [2.75, 3.05) is 12.8 Å². The second kappa shape index (κ2) is 5.98. The summed E-state index contributed by atoms with van der Waals surface area (Å²) < 4.78 is 12.8. The number of carbonyl (C=O) groups excluding carboxylic acids is 1. The summed E-state index contributed by atoms with van der Waals surface area (Å²) in [5, 5.41) is 2.64. The van der Waals surface area contributed by atoms with E-state index in [9.17, 15) is 9.18 Å². The molecule has 1 rings (SSSR count). The van der Waals surface area contributed by atoms with Crippen molar-refractivity contribution in [2.45, 2.75) is 5.75 Å². The highest BCUT2D eigenvalue weighted by Crippen LogP contribution is 2.19. The molecule has 0 saturated carbocycles. The van der Waals surface area contributed by atoms with Crippen molar-refractivity contribution in [3.8, 4) is 0 Å². The maximum Gasteiger partial charge on any atom is 0.229 e. The Morgan fingerprint density at radius 2 is 2.33 bits per heavy atom. The van der Waals surface area contributed by atoms with Gasteiger partial charge in [0.05, 0.1) is 10.8 Å². The number of hydrogen-bond acceptors (Lipinski definition) is 2. The number of amides is 1. The van der Waals surface area contributed by atoms with Gasteiger partial charge in [0.25, 0.3) is 0 Å². The molecule has 0 bridgehead atoms. The van der Waals surface area contributed by atoms with Crippen molar-refractivity contribution in [1.82, 2.24) is 5.32 Å². The van der Waals surface area contributed by atoms with Crippen molar-refractivity contribution in [2.24, 2.45) is 0 Å². The van der Waals surface area contributed by atoms with Gasteiger partial charge in [-0.3, -0.25) is 4.79 Å². The second-order valence-electron chi connectivity index (χ2n) is 2.91. The van der Waals surface area contributed by atoms with E-state index in [2.05, 4.69) is 5.32 Å². The molecular weight excluding hydrogens is 237 g/mol. The first-order valence-electron chi connectivity index (χ1n) is 4.35. The molecule has 0 radical (unpaired) electrons. The first kappa shape index (κ1) is 12.3. The highest BCUT2D eigenvalue weighted by molar-refractivity contribution is 7.99. The summed E-state index contributed by atoms with van der Waals surface area (Å²) in [5.74, 6) is 0.601.